The molecule has 1 amide bonds. The van der Waals surface area contributed by atoms with Gasteiger partial charge in [-0.15, -0.1) is 0 Å². The van der Waals surface area contributed by atoms with Gasteiger partial charge in [0.2, 0.25) is 0 Å². The molecule has 1 aliphatic rings. The van der Waals surface area contributed by atoms with Gasteiger partial charge in [0, 0.05) is 12.1 Å². The average Bonchev–Trinajstić information content (AvgIpc) is 2.47. The number of ether oxygens (including phenoxy) is 1. The summed E-state index contributed by atoms with van der Waals surface area (Å²) in [6, 6.07) is 3.23. The van der Waals surface area contributed by atoms with Gasteiger partial charge in [0.25, 0.3) is 5.91 Å². The van der Waals surface area contributed by atoms with E-state index < -0.39 is 11.7 Å². The molecule has 0 atom stereocenters. The van der Waals surface area contributed by atoms with Crippen LogP contribution in [0, 0.1) is 11.7 Å². The molecule has 1 aromatic carbocycles. The van der Waals surface area contributed by atoms with Crippen LogP contribution < -0.4 is 5.32 Å². The number of carbonyl (C=O) groups excluding carboxylic acids is 2. The fourth-order valence-electron chi connectivity index (χ4n) is 2.60. The van der Waals surface area contributed by atoms with Crippen LogP contribution in [-0.4, -0.2) is 30.1 Å². The third-order valence-corrected chi connectivity index (χ3v) is 3.80. The fraction of sp³-hybridized carbons (Fsp3) is 0.467. The number of halogens is 1. The molecule has 21 heavy (non-hydrogen) atoms. The maximum atomic E-state index is 12.9. The lowest BCUT2D eigenvalue weighted by molar-refractivity contribution is -0.146. The van der Waals surface area contributed by atoms with Gasteiger partial charge >= 0.3 is 5.97 Å². The van der Waals surface area contributed by atoms with E-state index in [1.54, 1.807) is 0 Å². The Morgan fingerprint density at radius 1 is 1.29 bits per heavy atom. The predicted octanol–water partition coefficient (Wildman–Crippen LogP) is 1.99. The van der Waals surface area contributed by atoms with Crippen molar-refractivity contribution in [1.29, 1.82) is 0 Å². The number of phenolic OH excluding ortho intramolecular Hbond substituents is 1. The molecule has 1 aromatic rings. The van der Waals surface area contributed by atoms with Crippen molar-refractivity contribution in [1.82, 2.24) is 5.32 Å². The summed E-state index contributed by atoms with van der Waals surface area (Å²) in [5.74, 6) is -1.73. The van der Waals surface area contributed by atoms with E-state index in [1.165, 1.54) is 13.2 Å². The van der Waals surface area contributed by atoms with Crippen molar-refractivity contribution in [3.8, 4) is 5.75 Å². The minimum atomic E-state index is -0.595. The number of rotatable bonds is 3. The first-order chi connectivity index (χ1) is 10.0. The lowest BCUT2D eigenvalue weighted by Crippen LogP contribution is -2.38. The van der Waals surface area contributed by atoms with Crippen LogP contribution in [0.4, 0.5) is 4.39 Å². The highest BCUT2D eigenvalue weighted by Crippen LogP contribution is 2.26. The second kappa shape index (κ2) is 6.56. The molecule has 2 N–H and O–H groups in total. The summed E-state index contributed by atoms with van der Waals surface area (Å²) >= 11 is 0. The van der Waals surface area contributed by atoms with Crippen molar-refractivity contribution < 1.29 is 23.8 Å². The van der Waals surface area contributed by atoms with Gasteiger partial charge in [0.1, 0.15) is 11.6 Å². The Labute approximate surface area is 122 Å². The maximum absolute atomic E-state index is 12.9. The Balaban J connectivity index is 1.91. The first-order valence-electron chi connectivity index (χ1n) is 6.88. The fourth-order valence-corrected chi connectivity index (χ4v) is 2.60. The van der Waals surface area contributed by atoms with E-state index in [9.17, 15) is 19.1 Å². The zero-order valence-electron chi connectivity index (χ0n) is 11.8. The van der Waals surface area contributed by atoms with Gasteiger partial charge in [0.15, 0.2) is 0 Å². The number of phenols is 1. The molecule has 2 rings (SSSR count). The molecule has 114 valence electrons. The monoisotopic (exact) mass is 295 g/mol. The van der Waals surface area contributed by atoms with E-state index in [2.05, 4.69) is 5.32 Å². The van der Waals surface area contributed by atoms with Crippen LogP contribution in [0.25, 0.3) is 0 Å². The summed E-state index contributed by atoms with van der Waals surface area (Å²) in [6.45, 7) is 0. The van der Waals surface area contributed by atoms with Gasteiger partial charge in [-0.2, -0.15) is 0 Å². The number of nitrogens with one attached hydrogen (secondary N) is 1. The standard InChI is InChI=1S/C15H18FNO4/c1-21-15(20)9-2-5-11(6-3-9)17-14(19)12-7-4-10(16)8-13(12)18/h4,7-9,11,18H,2-3,5-6H2,1H3,(H,17,19). The lowest BCUT2D eigenvalue weighted by Gasteiger charge is -2.27. The summed E-state index contributed by atoms with van der Waals surface area (Å²) in [4.78, 5) is 23.4. The number of esters is 1. The first-order valence-corrected chi connectivity index (χ1v) is 6.88. The van der Waals surface area contributed by atoms with Gasteiger partial charge < -0.3 is 15.2 Å². The zero-order chi connectivity index (χ0) is 15.4. The van der Waals surface area contributed by atoms with Gasteiger partial charge in [-0.05, 0) is 37.8 Å². The molecular formula is C15H18FNO4. The van der Waals surface area contributed by atoms with Crippen molar-refractivity contribution in [3.63, 3.8) is 0 Å². The van der Waals surface area contributed by atoms with E-state index in [0.29, 0.717) is 25.7 Å². The largest absolute Gasteiger partial charge is 0.507 e. The third kappa shape index (κ3) is 3.71. The van der Waals surface area contributed by atoms with Crippen LogP contribution in [0.2, 0.25) is 0 Å². The molecule has 0 aromatic heterocycles. The highest BCUT2D eigenvalue weighted by Gasteiger charge is 2.28. The molecule has 0 saturated heterocycles. The number of amides is 1. The van der Waals surface area contributed by atoms with Crippen molar-refractivity contribution >= 4 is 11.9 Å². The number of benzene rings is 1. The molecule has 0 unspecified atom stereocenters. The van der Waals surface area contributed by atoms with Gasteiger partial charge in [-0.3, -0.25) is 9.59 Å². The van der Waals surface area contributed by atoms with Crippen LogP contribution in [0.15, 0.2) is 18.2 Å². The predicted molar refractivity (Wildman–Crippen MR) is 73.3 cm³/mol. The Kier molecular flexibility index (Phi) is 4.77. The smallest absolute Gasteiger partial charge is 0.308 e. The van der Waals surface area contributed by atoms with Gasteiger partial charge in [-0.1, -0.05) is 0 Å². The highest BCUT2D eigenvalue weighted by atomic mass is 19.1. The van der Waals surface area contributed by atoms with E-state index in [1.807, 2.05) is 0 Å². The van der Waals surface area contributed by atoms with Gasteiger partial charge in [0.05, 0.1) is 18.6 Å². The second-order valence-corrected chi connectivity index (χ2v) is 5.21. The van der Waals surface area contributed by atoms with Crippen LogP contribution in [0.1, 0.15) is 36.0 Å². The van der Waals surface area contributed by atoms with Gasteiger partial charge in [-0.25, -0.2) is 4.39 Å². The Morgan fingerprint density at radius 3 is 2.52 bits per heavy atom. The second-order valence-electron chi connectivity index (χ2n) is 5.21. The molecule has 6 heteroatoms. The quantitative estimate of drug-likeness (QED) is 0.836. The van der Waals surface area contributed by atoms with E-state index >= 15 is 0 Å². The SMILES string of the molecule is COC(=O)C1CCC(NC(=O)c2ccc(F)cc2O)CC1. The average molecular weight is 295 g/mol. The van der Waals surface area contributed by atoms with Crippen LogP contribution in [-0.2, 0) is 9.53 Å². The van der Waals surface area contributed by atoms with Crippen molar-refractivity contribution in [2.45, 2.75) is 31.7 Å². The highest BCUT2D eigenvalue weighted by molar-refractivity contribution is 5.96. The number of aromatic hydroxyl groups is 1. The van der Waals surface area contributed by atoms with Crippen molar-refractivity contribution in [2.75, 3.05) is 7.11 Å². The molecule has 5 nitrogen and oxygen atoms in total. The molecule has 0 aliphatic heterocycles. The Bertz CT molecular complexity index is 538. The van der Waals surface area contributed by atoms with Crippen LogP contribution >= 0.6 is 0 Å². The summed E-state index contributed by atoms with van der Waals surface area (Å²) in [6.07, 6.45) is 2.67. The molecule has 0 heterocycles. The molecule has 1 saturated carbocycles. The van der Waals surface area contributed by atoms with Crippen molar-refractivity contribution in [3.05, 3.63) is 29.6 Å². The minimum absolute atomic E-state index is 0.0477. The van der Waals surface area contributed by atoms with Crippen LogP contribution in [0.5, 0.6) is 5.75 Å². The molecule has 0 spiro atoms. The lowest BCUT2D eigenvalue weighted by atomic mass is 9.86. The molecule has 1 aliphatic carbocycles. The maximum Gasteiger partial charge on any atom is 0.308 e. The van der Waals surface area contributed by atoms with Crippen molar-refractivity contribution in [2.24, 2.45) is 5.92 Å². The molecular weight excluding hydrogens is 277 g/mol. The van der Waals surface area contributed by atoms with E-state index in [0.717, 1.165) is 12.1 Å². The first kappa shape index (κ1) is 15.3. The summed E-state index contributed by atoms with van der Waals surface area (Å²) < 4.78 is 17.6. The normalized spacial score (nSPS) is 21.6. The van der Waals surface area contributed by atoms with E-state index in [4.69, 9.17) is 4.74 Å². The number of methoxy groups -OCH3 is 1. The third-order valence-electron chi connectivity index (χ3n) is 3.80. The zero-order valence-corrected chi connectivity index (χ0v) is 11.8. The summed E-state index contributed by atoms with van der Waals surface area (Å²) in [5, 5.41) is 12.4. The summed E-state index contributed by atoms with van der Waals surface area (Å²) in [7, 11) is 1.37. The summed E-state index contributed by atoms with van der Waals surface area (Å²) in [5.41, 5.74) is 0.0477. The van der Waals surface area contributed by atoms with Crippen LogP contribution in [0.3, 0.4) is 0 Å². The Hall–Kier alpha value is -2.11. The minimum Gasteiger partial charge on any atom is -0.507 e. The molecule has 0 bridgehead atoms. The van der Waals surface area contributed by atoms with E-state index in [-0.39, 0.29) is 29.2 Å². The number of carbonyl (C=O) groups is 2. The molecule has 1 fully saturated rings. The number of hydrogen-bond acceptors (Lipinski definition) is 4. The number of hydrogen-bond donors (Lipinski definition) is 2. The Morgan fingerprint density at radius 2 is 1.95 bits per heavy atom. The molecule has 0 radical (unpaired) electrons. The topological polar surface area (TPSA) is 75.6 Å².